The van der Waals surface area contributed by atoms with E-state index in [9.17, 15) is 29.4 Å². The van der Waals surface area contributed by atoms with Crippen LogP contribution >= 0.6 is 0 Å². The number of Topliss-reactive ketones (excluding diaryl/α,β-unsaturated/α-hetero) is 2. The third-order valence-corrected chi connectivity index (χ3v) is 4.78. The number of benzene rings is 2. The zero-order chi connectivity index (χ0) is 26.2. The summed E-state index contributed by atoms with van der Waals surface area (Å²) in [5.41, 5.74) is -0.994. The predicted molar refractivity (Wildman–Crippen MR) is 125 cm³/mol. The van der Waals surface area contributed by atoms with Crippen LogP contribution in [0.3, 0.4) is 0 Å². The maximum absolute atomic E-state index is 12.0. The fourth-order valence-electron chi connectivity index (χ4n) is 2.84. The lowest BCUT2D eigenvalue weighted by molar-refractivity contribution is -0.156. The van der Waals surface area contributed by atoms with Gasteiger partial charge in [-0.2, -0.15) is 0 Å². The van der Waals surface area contributed by atoms with Crippen LogP contribution in [0.15, 0.2) is 48.5 Å². The monoisotopic (exact) mass is 486 g/mol. The van der Waals surface area contributed by atoms with E-state index in [4.69, 9.17) is 14.2 Å². The fraction of sp³-hybridized carbons (Fsp3) is 0.385. The molecule has 35 heavy (non-hydrogen) atoms. The highest BCUT2D eigenvalue weighted by Gasteiger charge is 2.25. The highest BCUT2D eigenvalue weighted by atomic mass is 16.6. The van der Waals surface area contributed by atoms with E-state index in [1.54, 1.807) is 24.3 Å². The molecule has 188 valence electrons. The van der Waals surface area contributed by atoms with Crippen LogP contribution in [0.5, 0.6) is 0 Å². The van der Waals surface area contributed by atoms with Gasteiger partial charge in [0.2, 0.25) is 0 Å². The summed E-state index contributed by atoms with van der Waals surface area (Å²) in [5.74, 6) is -2.19. The molecule has 0 bridgehead atoms. The Bertz CT molecular complexity index is 955. The van der Waals surface area contributed by atoms with Crippen LogP contribution in [-0.4, -0.2) is 58.1 Å². The van der Waals surface area contributed by atoms with Gasteiger partial charge in [-0.3, -0.25) is 9.59 Å². The van der Waals surface area contributed by atoms with Crippen molar-refractivity contribution >= 4 is 23.5 Å². The highest BCUT2D eigenvalue weighted by molar-refractivity contribution is 6.02. The van der Waals surface area contributed by atoms with Gasteiger partial charge in [-0.05, 0) is 38.8 Å². The van der Waals surface area contributed by atoms with Crippen LogP contribution in [0.25, 0.3) is 0 Å². The quantitative estimate of drug-likeness (QED) is 0.342. The average Bonchev–Trinajstić information content (AvgIpc) is 2.80. The van der Waals surface area contributed by atoms with E-state index in [1.807, 2.05) is 0 Å². The van der Waals surface area contributed by atoms with Gasteiger partial charge < -0.3 is 24.4 Å². The molecule has 0 atom stereocenters. The van der Waals surface area contributed by atoms with Gasteiger partial charge in [-0.25, -0.2) is 9.59 Å². The molecule has 9 heteroatoms. The lowest BCUT2D eigenvalue weighted by Crippen LogP contribution is -2.31. The lowest BCUT2D eigenvalue weighted by atomic mass is 9.96. The molecule has 0 unspecified atom stereocenters. The lowest BCUT2D eigenvalue weighted by Gasteiger charge is -2.15. The number of esters is 2. The SMILES string of the molecule is CC(C)(O)C(=O)c1ccc(COC(=O)COCC(=O)OCc2ccc(C(=O)C(C)(C)O)cc2)cc1. The summed E-state index contributed by atoms with van der Waals surface area (Å²) in [5, 5.41) is 19.5. The Labute approximate surface area is 203 Å². The Morgan fingerprint density at radius 3 is 1.23 bits per heavy atom. The van der Waals surface area contributed by atoms with Gasteiger partial charge in [-0.15, -0.1) is 0 Å². The third-order valence-electron chi connectivity index (χ3n) is 4.78. The molecule has 0 aliphatic rings. The van der Waals surface area contributed by atoms with Crippen LogP contribution in [0, 0.1) is 0 Å². The van der Waals surface area contributed by atoms with Gasteiger partial charge in [0.1, 0.15) is 37.6 Å². The second-order valence-electron chi connectivity index (χ2n) is 8.98. The molecule has 0 radical (unpaired) electrons. The first-order chi connectivity index (χ1) is 16.3. The van der Waals surface area contributed by atoms with Gasteiger partial charge in [0, 0.05) is 11.1 Å². The molecule has 0 spiro atoms. The topological polar surface area (TPSA) is 136 Å². The Morgan fingerprint density at radius 1 is 0.629 bits per heavy atom. The Balaban J connectivity index is 1.68. The molecule has 0 amide bonds. The Morgan fingerprint density at radius 2 is 0.943 bits per heavy atom. The van der Waals surface area contributed by atoms with Gasteiger partial charge >= 0.3 is 11.9 Å². The highest BCUT2D eigenvalue weighted by Crippen LogP contribution is 2.15. The van der Waals surface area contributed by atoms with E-state index in [2.05, 4.69) is 0 Å². The van der Waals surface area contributed by atoms with Gasteiger partial charge in [0.25, 0.3) is 0 Å². The standard InChI is InChI=1S/C26H30O9/c1-25(2,31)23(29)19-9-5-17(6-10-19)13-34-21(27)15-33-16-22(28)35-14-18-7-11-20(12-8-18)24(30)26(3,4)32/h5-12,31-32H,13-16H2,1-4H3. The summed E-state index contributed by atoms with van der Waals surface area (Å²) in [6.07, 6.45) is 0. The van der Waals surface area contributed by atoms with Crippen LogP contribution in [-0.2, 0) is 37.0 Å². The van der Waals surface area contributed by atoms with Crippen molar-refractivity contribution in [1.29, 1.82) is 0 Å². The molecule has 2 rings (SSSR count). The molecule has 2 aromatic rings. The number of ether oxygens (including phenoxy) is 3. The van der Waals surface area contributed by atoms with E-state index in [0.717, 1.165) is 0 Å². The van der Waals surface area contributed by atoms with Gasteiger partial charge in [-0.1, -0.05) is 48.5 Å². The second kappa shape index (κ2) is 11.8. The van der Waals surface area contributed by atoms with Crippen LogP contribution in [0.2, 0.25) is 0 Å². The summed E-state index contributed by atoms with van der Waals surface area (Å²) in [6, 6.07) is 12.6. The average molecular weight is 487 g/mol. The van der Waals surface area contributed by atoms with Gasteiger partial charge in [0.15, 0.2) is 11.6 Å². The minimum atomic E-state index is -1.48. The summed E-state index contributed by atoms with van der Waals surface area (Å²) in [6.45, 7) is 4.63. The molecule has 2 N–H and O–H groups in total. The first kappa shape index (κ1) is 27.8. The third kappa shape index (κ3) is 9.05. The number of carbonyl (C=O) groups is 4. The molecule has 0 heterocycles. The minimum Gasteiger partial charge on any atom is -0.459 e. The fourth-order valence-corrected chi connectivity index (χ4v) is 2.84. The van der Waals surface area contributed by atoms with E-state index < -0.39 is 47.9 Å². The molecule has 0 saturated heterocycles. The van der Waals surface area contributed by atoms with Crippen molar-refractivity contribution in [2.45, 2.75) is 52.1 Å². The number of rotatable bonds is 12. The van der Waals surface area contributed by atoms with E-state index in [0.29, 0.717) is 22.3 Å². The number of hydrogen-bond acceptors (Lipinski definition) is 9. The maximum Gasteiger partial charge on any atom is 0.332 e. The van der Waals surface area contributed by atoms with Crippen molar-refractivity contribution in [2.75, 3.05) is 13.2 Å². The molecule has 0 aliphatic heterocycles. The molecule has 0 aliphatic carbocycles. The molecule has 0 saturated carbocycles. The molecule has 0 aromatic heterocycles. The first-order valence-corrected chi connectivity index (χ1v) is 10.9. The summed E-state index contributed by atoms with van der Waals surface area (Å²) in [4.78, 5) is 47.6. The van der Waals surface area contributed by atoms with Gasteiger partial charge in [0.05, 0.1) is 0 Å². The van der Waals surface area contributed by atoms with Crippen molar-refractivity contribution in [1.82, 2.24) is 0 Å². The van der Waals surface area contributed by atoms with Crippen molar-refractivity contribution in [3.63, 3.8) is 0 Å². The number of hydrogen-bond donors (Lipinski definition) is 2. The van der Waals surface area contributed by atoms with Crippen LogP contribution in [0.1, 0.15) is 59.5 Å². The van der Waals surface area contributed by atoms with E-state index in [1.165, 1.54) is 52.0 Å². The van der Waals surface area contributed by atoms with E-state index >= 15 is 0 Å². The number of carbonyl (C=O) groups excluding carboxylic acids is 4. The predicted octanol–water partition coefficient (Wildman–Crippen LogP) is 2.40. The normalized spacial score (nSPS) is 11.6. The molecule has 0 fully saturated rings. The summed E-state index contributed by atoms with van der Waals surface area (Å²) in [7, 11) is 0. The minimum absolute atomic E-state index is 0.0460. The Hall–Kier alpha value is -3.40. The summed E-state index contributed by atoms with van der Waals surface area (Å²) < 4.78 is 15.1. The molecule has 9 nitrogen and oxygen atoms in total. The van der Waals surface area contributed by atoms with Crippen molar-refractivity contribution in [3.8, 4) is 0 Å². The van der Waals surface area contributed by atoms with Crippen LogP contribution in [0.4, 0.5) is 0 Å². The van der Waals surface area contributed by atoms with Crippen LogP contribution < -0.4 is 0 Å². The smallest absolute Gasteiger partial charge is 0.332 e. The second-order valence-corrected chi connectivity index (χ2v) is 8.98. The Kier molecular flexibility index (Phi) is 9.41. The zero-order valence-electron chi connectivity index (χ0n) is 20.2. The number of aliphatic hydroxyl groups is 2. The molecular weight excluding hydrogens is 456 g/mol. The van der Waals surface area contributed by atoms with Crippen molar-refractivity contribution in [2.24, 2.45) is 0 Å². The van der Waals surface area contributed by atoms with E-state index in [-0.39, 0.29) is 13.2 Å². The maximum atomic E-state index is 12.0. The number of ketones is 2. The largest absolute Gasteiger partial charge is 0.459 e. The summed E-state index contributed by atoms with van der Waals surface area (Å²) >= 11 is 0. The van der Waals surface area contributed by atoms with Crippen molar-refractivity contribution < 1.29 is 43.6 Å². The molecular formula is C26H30O9. The first-order valence-electron chi connectivity index (χ1n) is 10.9. The molecule has 2 aromatic carbocycles. The zero-order valence-corrected chi connectivity index (χ0v) is 20.2. The van der Waals surface area contributed by atoms with Crippen molar-refractivity contribution in [3.05, 3.63) is 70.8 Å².